The zero-order chi connectivity index (χ0) is 9.97. The highest BCUT2D eigenvalue weighted by molar-refractivity contribution is 9.10. The smallest absolute Gasteiger partial charge is 0.130 e. The average molecular weight is 260 g/mol. The highest BCUT2D eigenvalue weighted by atomic mass is 79.9. The van der Waals surface area contributed by atoms with E-state index in [9.17, 15) is 4.39 Å². The largest absolute Gasteiger partial charge is 0.371 e. The summed E-state index contributed by atoms with van der Waals surface area (Å²) in [7, 11) is 0. The summed E-state index contributed by atoms with van der Waals surface area (Å²) in [6.45, 7) is 2.16. The van der Waals surface area contributed by atoms with Crippen LogP contribution in [0.15, 0.2) is 22.7 Å². The molecule has 0 bridgehead atoms. The Balaban J connectivity index is 2.22. The van der Waals surface area contributed by atoms with E-state index in [0.29, 0.717) is 18.7 Å². The Morgan fingerprint density at radius 3 is 3.00 bits per heavy atom. The molecule has 1 N–H and O–H groups in total. The maximum atomic E-state index is 13.5. The van der Waals surface area contributed by atoms with Gasteiger partial charge in [0.25, 0.3) is 0 Å². The molecule has 1 aliphatic rings. The Bertz CT molecular complexity index is 326. The summed E-state index contributed by atoms with van der Waals surface area (Å²) in [4.78, 5) is 0. The van der Waals surface area contributed by atoms with Gasteiger partial charge in [0.2, 0.25) is 0 Å². The van der Waals surface area contributed by atoms with Crippen LogP contribution >= 0.6 is 15.9 Å². The van der Waals surface area contributed by atoms with Crippen molar-refractivity contribution in [2.45, 2.75) is 6.10 Å². The first kappa shape index (κ1) is 10.1. The normalized spacial score (nSPS) is 22.3. The third kappa shape index (κ3) is 2.13. The molecular weight excluding hydrogens is 249 g/mol. The molecule has 0 saturated carbocycles. The summed E-state index contributed by atoms with van der Waals surface area (Å²) >= 11 is 3.22. The second-order valence-corrected chi connectivity index (χ2v) is 4.15. The van der Waals surface area contributed by atoms with Gasteiger partial charge in [-0.2, -0.15) is 0 Å². The van der Waals surface area contributed by atoms with Crippen LogP contribution in [0.1, 0.15) is 11.7 Å². The summed E-state index contributed by atoms with van der Waals surface area (Å²) in [5.41, 5.74) is 0.625. The van der Waals surface area contributed by atoms with E-state index in [0.717, 1.165) is 11.0 Å². The molecule has 0 radical (unpaired) electrons. The minimum absolute atomic E-state index is 0.156. The SMILES string of the molecule is Fc1cc(Br)ccc1[C@@H]1CNCCO1. The standard InChI is InChI=1S/C10H11BrFNO/c11-7-1-2-8(9(12)5-7)10-6-13-3-4-14-10/h1-2,5,10,13H,3-4,6H2/t10-/m0/s1. The second-order valence-electron chi connectivity index (χ2n) is 3.23. The molecule has 1 aromatic rings. The number of hydrogen-bond acceptors (Lipinski definition) is 2. The Kier molecular flexibility index (Phi) is 3.15. The summed E-state index contributed by atoms with van der Waals surface area (Å²) < 4.78 is 19.7. The topological polar surface area (TPSA) is 21.3 Å². The van der Waals surface area contributed by atoms with Gasteiger partial charge in [0.15, 0.2) is 0 Å². The maximum absolute atomic E-state index is 13.5. The van der Waals surface area contributed by atoms with Gasteiger partial charge >= 0.3 is 0 Å². The Hall–Kier alpha value is -0.450. The van der Waals surface area contributed by atoms with Crippen LogP contribution in [0, 0.1) is 5.82 Å². The van der Waals surface area contributed by atoms with Gasteiger partial charge in [-0.25, -0.2) is 4.39 Å². The first-order valence-corrected chi connectivity index (χ1v) is 5.34. The van der Waals surface area contributed by atoms with Crippen molar-refractivity contribution in [1.29, 1.82) is 0 Å². The zero-order valence-corrected chi connectivity index (χ0v) is 9.18. The molecule has 4 heteroatoms. The van der Waals surface area contributed by atoms with Crippen LogP contribution in [-0.2, 0) is 4.74 Å². The molecule has 1 aromatic carbocycles. The van der Waals surface area contributed by atoms with E-state index in [1.54, 1.807) is 6.07 Å². The Labute approximate surface area is 90.6 Å². The van der Waals surface area contributed by atoms with E-state index in [-0.39, 0.29) is 11.9 Å². The molecule has 76 valence electrons. The lowest BCUT2D eigenvalue weighted by atomic mass is 10.1. The first-order valence-electron chi connectivity index (χ1n) is 4.54. The van der Waals surface area contributed by atoms with E-state index in [1.807, 2.05) is 6.07 Å². The minimum Gasteiger partial charge on any atom is -0.371 e. The molecular formula is C10H11BrFNO. The van der Waals surface area contributed by atoms with Gasteiger partial charge in [0.1, 0.15) is 5.82 Å². The van der Waals surface area contributed by atoms with Crippen LogP contribution in [0.25, 0.3) is 0 Å². The van der Waals surface area contributed by atoms with Crippen LogP contribution in [0.3, 0.4) is 0 Å². The molecule has 0 spiro atoms. The molecule has 1 fully saturated rings. The lowest BCUT2D eigenvalue weighted by molar-refractivity contribution is 0.0255. The van der Waals surface area contributed by atoms with Crippen molar-refractivity contribution in [2.75, 3.05) is 19.7 Å². The highest BCUT2D eigenvalue weighted by Gasteiger charge is 2.18. The number of hydrogen-bond donors (Lipinski definition) is 1. The van der Waals surface area contributed by atoms with Crippen molar-refractivity contribution in [2.24, 2.45) is 0 Å². The van der Waals surface area contributed by atoms with Crippen LogP contribution in [-0.4, -0.2) is 19.7 Å². The highest BCUT2D eigenvalue weighted by Crippen LogP contribution is 2.24. The van der Waals surface area contributed by atoms with E-state index in [4.69, 9.17) is 4.74 Å². The second kappa shape index (κ2) is 4.38. The summed E-state index contributed by atoms with van der Waals surface area (Å²) in [6, 6.07) is 5.06. The molecule has 0 aromatic heterocycles. The Morgan fingerprint density at radius 1 is 1.50 bits per heavy atom. The van der Waals surface area contributed by atoms with Gasteiger partial charge in [-0.3, -0.25) is 0 Å². The molecule has 0 aliphatic carbocycles. The fraction of sp³-hybridized carbons (Fsp3) is 0.400. The predicted molar refractivity (Wildman–Crippen MR) is 55.7 cm³/mol. The van der Waals surface area contributed by atoms with Crippen LogP contribution in [0.5, 0.6) is 0 Å². The molecule has 1 atom stereocenters. The average Bonchev–Trinajstić information content (AvgIpc) is 2.19. The number of benzene rings is 1. The van der Waals surface area contributed by atoms with E-state index >= 15 is 0 Å². The van der Waals surface area contributed by atoms with Gasteiger partial charge in [-0.15, -0.1) is 0 Å². The molecule has 14 heavy (non-hydrogen) atoms. The Morgan fingerprint density at radius 2 is 2.36 bits per heavy atom. The van der Waals surface area contributed by atoms with Gasteiger partial charge in [0, 0.05) is 23.1 Å². The van der Waals surface area contributed by atoms with Crippen molar-refractivity contribution >= 4 is 15.9 Å². The number of nitrogens with one attached hydrogen (secondary N) is 1. The molecule has 0 amide bonds. The van der Waals surface area contributed by atoms with Gasteiger partial charge in [-0.05, 0) is 12.1 Å². The molecule has 2 nitrogen and oxygen atoms in total. The lowest BCUT2D eigenvalue weighted by Crippen LogP contribution is -2.33. The summed E-state index contributed by atoms with van der Waals surface area (Å²) in [5.74, 6) is -0.215. The van der Waals surface area contributed by atoms with Gasteiger partial charge < -0.3 is 10.1 Å². The third-order valence-corrected chi connectivity index (χ3v) is 2.73. The van der Waals surface area contributed by atoms with Crippen molar-refractivity contribution in [3.8, 4) is 0 Å². The van der Waals surface area contributed by atoms with Crippen molar-refractivity contribution < 1.29 is 9.13 Å². The van der Waals surface area contributed by atoms with Crippen LogP contribution in [0.4, 0.5) is 4.39 Å². The predicted octanol–water partition coefficient (Wildman–Crippen LogP) is 2.25. The minimum atomic E-state index is -0.215. The monoisotopic (exact) mass is 259 g/mol. The van der Waals surface area contributed by atoms with Crippen LogP contribution in [0.2, 0.25) is 0 Å². The first-order chi connectivity index (χ1) is 6.77. The van der Waals surface area contributed by atoms with E-state index < -0.39 is 0 Å². The number of halogens is 2. The fourth-order valence-electron chi connectivity index (χ4n) is 1.53. The summed E-state index contributed by atoms with van der Waals surface area (Å²) in [5, 5.41) is 3.17. The maximum Gasteiger partial charge on any atom is 0.130 e. The van der Waals surface area contributed by atoms with E-state index in [1.165, 1.54) is 6.07 Å². The van der Waals surface area contributed by atoms with Crippen molar-refractivity contribution in [1.82, 2.24) is 5.32 Å². The zero-order valence-electron chi connectivity index (χ0n) is 7.59. The van der Waals surface area contributed by atoms with Crippen molar-refractivity contribution in [3.05, 3.63) is 34.1 Å². The molecule has 1 heterocycles. The number of ether oxygens (including phenoxy) is 1. The van der Waals surface area contributed by atoms with Gasteiger partial charge in [-0.1, -0.05) is 22.0 Å². The molecule has 2 rings (SSSR count). The van der Waals surface area contributed by atoms with Gasteiger partial charge in [0.05, 0.1) is 12.7 Å². The molecule has 1 saturated heterocycles. The molecule has 1 aliphatic heterocycles. The van der Waals surface area contributed by atoms with E-state index in [2.05, 4.69) is 21.2 Å². The third-order valence-electron chi connectivity index (χ3n) is 2.24. The van der Waals surface area contributed by atoms with Crippen molar-refractivity contribution in [3.63, 3.8) is 0 Å². The lowest BCUT2D eigenvalue weighted by Gasteiger charge is -2.24. The quantitative estimate of drug-likeness (QED) is 0.836. The van der Waals surface area contributed by atoms with Crippen LogP contribution < -0.4 is 5.32 Å². The summed E-state index contributed by atoms with van der Waals surface area (Å²) in [6.07, 6.45) is -0.156. The molecule has 0 unspecified atom stereocenters. The number of morpholine rings is 1. The number of rotatable bonds is 1. The fourth-order valence-corrected chi connectivity index (χ4v) is 1.86.